The number of amides is 1. The van der Waals surface area contributed by atoms with Gasteiger partial charge in [-0.3, -0.25) is 4.79 Å². The van der Waals surface area contributed by atoms with Crippen molar-refractivity contribution in [1.29, 1.82) is 0 Å². The Labute approximate surface area is 123 Å². The molecule has 4 heteroatoms. The van der Waals surface area contributed by atoms with Crippen molar-refractivity contribution in [3.8, 4) is 5.75 Å². The monoisotopic (exact) mass is 289 g/mol. The zero-order valence-corrected chi connectivity index (χ0v) is 12.6. The molecule has 2 aromatic rings. The van der Waals surface area contributed by atoms with Crippen LogP contribution in [-0.4, -0.2) is 19.1 Å². The van der Waals surface area contributed by atoms with E-state index in [2.05, 4.69) is 31.3 Å². The first kappa shape index (κ1) is 14.6. The smallest absolute Gasteiger partial charge is 0.252 e. The molecule has 0 aliphatic heterocycles. The van der Waals surface area contributed by atoms with Gasteiger partial charge in [-0.05, 0) is 35.1 Å². The average Bonchev–Trinajstić information content (AvgIpc) is 2.98. The summed E-state index contributed by atoms with van der Waals surface area (Å²) in [7, 11) is 0. The fraction of sp³-hybridized carbons (Fsp3) is 0.312. The fourth-order valence-electron chi connectivity index (χ4n) is 1.78. The van der Waals surface area contributed by atoms with Crippen LogP contribution >= 0.6 is 11.3 Å². The topological polar surface area (TPSA) is 38.3 Å². The van der Waals surface area contributed by atoms with E-state index in [0.717, 1.165) is 5.75 Å². The number of benzene rings is 1. The Balaban J connectivity index is 1.72. The maximum Gasteiger partial charge on any atom is 0.252 e. The first-order chi connectivity index (χ1) is 9.66. The Morgan fingerprint density at radius 3 is 2.60 bits per heavy atom. The summed E-state index contributed by atoms with van der Waals surface area (Å²) < 4.78 is 5.60. The molecule has 0 fully saturated rings. The second-order valence-electron chi connectivity index (χ2n) is 4.84. The maximum atomic E-state index is 11.7. The summed E-state index contributed by atoms with van der Waals surface area (Å²) in [4.78, 5) is 11.7. The van der Waals surface area contributed by atoms with E-state index in [1.165, 1.54) is 16.9 Å². The quantitative estimate of drug-likeness (QED) is 0.824. The van der Waals surface area contributed by atoms with Crippen LogP contribution in [0.25, 0.3) is 0 Å². The molecule has 0 aliphatic carbocycles. The van der Waals surface area contributed by atoms with Gasteiger partial charge in [0, 0.05) is 10.9 Å². The van der Waals surface area contributed by atoms with Crippen molar-refractivity contribution in [2.75, 3.05) is 13.2 Å². The van der Waals surface area contributed by atoms with Gasteiger partial charge in [-0.1, -0.05) is 26.0 Å². The van der Waals surface area contributed by atoms with Gasteiger partial charge in [-0.25, -0.2) is 0 Å². The predicted octanol–water partition coefficient (Wildman–Crippen LogP) is 3.68. The number of hydrogen-bond acceptors (Lipinski definition) is 3. The van der Waals surface area contributed by atoms with Crippen molar-refractivity contribution >= 4 is 17.2 Å². The zero-order chi connectivity index (χ0) is 14.4. The van der Waals surface area contributed by atoms with E-state index in [9.17, 15) is 4.79 Å². The molecule has 106 valence electrons. The minimum atomic E-state index is -0.0509. The number of carbonyl (C=O) groups excluding carboxylic acids is 1. The third-order valence-electron chi connectivity index (χ3n) is 2.99. The molecule has 0 radical (unpaired) electrons. The van der Waals surface area contributed by atoms with Gasteiger partial charge >= 0.3 is 0 Å². The molecular formula is C16H19NO2S. The van der Waals surface area contributed by atoms with Crippen molar-refractivity contribution in [2.24, 2.45) is 0 Å². The number of carbonyl (C=O) groups is 1. The van der Waals surface area contributed by atoms with Crippen LogP contribution in [-0.2, 0) is 0 Å². The van der Waals surface area contributed by atoms with E-state index >= 15 is 0 Å². The molecule has 0 aliphatic rings. The van der Waals surface area contributed by atoms with E-state index in [1.807, 2.05) is 29.0 Å². The Hall–Kier alpha value is -1.81. The Morgan fingerprint density at radius 1 is 1.25 bits per heavy atom. The molecular weight excluding hydrogens is 270 g/mol. The van der Waals surface area contributed by atoms with Crippen LogP contribution in [0.1, 0.15) is 35.7 Å². The molecule has 1 amide bonds. The minimum Gasteiger partial charge on any atom is -0.492 e. The second-order valence-corrected chi connectivity index (χ2v) is 5.62. The van der Waals surface area contributed by atoms with Crippen LogP contribution in [0, 0.1) is 0 Å². The Kier molecular flexibility index (Phi) is 5.18. The molecule has 1 aromatic heterocycles. The van der Waals surface area contributed by atoms with Gasteiger partial charge in [0.05, 0.1) is 6.54 Å². The minimum absolute atomic E-state index is 0.0509. The Morgan fingerprint density at radius 2 is 2.00 bits per heavy atom. The van der Waals surface area contributed by atoms with Gasteiger partial charge in [-0.15, -0.1) is 0 Å². The summed E-state index contributed by atoms with van der Waals surface area (Å²) >= 11 is 1.52. The summed E-state index contributed by atoms with van der Waals surface area (Å²) in [6.45, 7) is 5.29. The third kappa shape index (κ3) is 4.10. The van der Waals surface area contributed by atoms with Gasteiger partial charge in [0.1, 0.15) is 12.4 Å². The Bertz CT molecular complexity index is 532. The molecule has 1 N–H and O–H groups in total. The van der Waals surface area contributed by atoms with Crippen molar-refractivity contribution < 1.29 is 9.53 Å². The van der Waals surface area contributed by atoms with E-state index in [-0.39, 0.29) is 5.91 Å². The second kappa shape index (κ2) is 7.10. The standard InChI is InChI=1S/C16H19NO2S/c1-12(2)13-3-5-15(6-4-13)19-9-8-17-16(18)14-7-10-20-11-14/h3-7,10-12H,8-9H2,1-2H3,(H,17,18). The highest BCUT2D eigenvalue weighted by Gasteiger charge is 2.04. The van der Waals surface area contributed by atoms with E-state index in [1.54, 1.807) is 0 Å². The van der Waals surface area contributed by atoms with Crippen LogP contribution < -0.4 is 10.1 Å². The van der Waals surface area contributed by atoms with Gasteiger partial charge < -0.3 is 10.1 Å². The largest absolute Gasteiger partial charge is 0.492 e. The number of nitrogens with one attached hydrogen (secondary N) is 1. The number of ether oxygens (including phenoxy) is 1. The number of rotatable bonds is 6. The van der Waals surface area contributed by atoms with Gasteiger partial charge in [0.15, 0.2) is 0 Å². The molecule has 0 bridgehead atoms. The van der Waals surface area contributed by atoms with Crippen molar-refractivity contribution in [3.63, 3.8) is 0 Å². The molecule has 0 saturated heterocycles. The third-order valence-corrected chi connectivity index (χ3v) is 3.67. The first-order valence-corrected chi connectivity index (χ1v) is 7.64. The summed E-state index contributed by atoms with van der Waals surface area (Å²) in [5.74, 6) is 1.30. The van der Waals surface area contributed by atoms with Crippen LogP contribution in [0.2, 0.25) is 0 Å². The fourth-order valence-corrected chi connectivity index (χ4v) is 2.41. The molecule has 0 atom stereocenters. The summed E-state index contributed by atoms with van der Waals surface area (Å²) in [6.07, 6.45) is 0. The highest BCUT2D eigenvalue weighted by molar-refractivity contribution is 7.08. The van der Waals surface area contributed by atoms with Crippen LogP contribution in [0.3, 0.4) is 0 Å². The SMILES string of the molecule is CC(C)c1ccc(OCCNC(=O)c2ccsc2)cc1. The maximum absolute atomic E-state index is 11.7. The number of hydrogen-bond donors (Lipinski definition) is 1. The molecule has 2 rings (SSSR count). The molecule has 0 unspecified atom stereocenters. The van der Waals surface area contributed by atoms with Crippen molar-refractivity contribution in [1.82, 2.24) is 5.32 Å². The van der Waals surface area contributed by atoms with Crippen LogP contribution in [0.5, 0.6) is 5.75 Å². The van der Waals surface area contributed by atoms with Crippen molar-refractivity contribution in [2.45, 2.75) is 19.8 Å². The lowest BCUT2D eigenvalue weighted by atomic mass is 10.0. The average molecular weight is 289 g/mol. The normalized spacial score (nSPS) is 10.6. The van der Waals surface area contributed by atoms with Crippen LogP contribution in [0.4, 0.5) is 0 Å². The van der Waals surface area contributed by atoms with E-state index < -0.39 is 0 Å². The van der Waals surface area contributed by atoms with Gasteiger partial charge in [0.25, 0.3) is 5.91 Å². The van der Waals surface area contributed by atoms with Crippen molar-refractivity contribution in [3.05, 3.63) is 52.2 Å². The van der Waals surface area contributed by atoms with Gasteiger partial charge in [-0.2, -0.15) is 11.3 Å². The predicted molar refractivity (Wildman–Crippen MR) is 82.7 cm³/mol. The lowest BCUT2D eigenvalue weighted by Crippen LogP contribution is -2.27. The van der Waals surface area contributed by atoms with Crippen LogP contribution in [0.15, 0.2) is 41.1 Å². The summed E-state index contributed by atoms with van der Waals surface area (Å²) in [5, 5.41) is 6.55. The molecule has 0 spiro atoms. The highest BCUT2D eigenvalue weighted by Crippen LogP contribution is 2.18. The molecule has 20 heavy (non-hydrogen) atoms. The summed E-state index contributed by atoms with van der Waals surface area (Å²) in [5.41, 5.74) is 2.00. The lowest BCUT2D eigenvalue weighted by molar-refractivity contribution is 0.0947. The number of thiophene rings is 1. The lowest BCUT2D eigenvalue weighted by Gasteiger charge is -2.09. The van der Waals surface area contributed by atoms with Gasteiger partial charge in [0.2, 0.25) is 0 Å². The molecule has 3 nitrogen and oxygen atoms in total. The van der Waals surface area contributed by atoms with E-state index in [0.29, 0.717) is 24.6 Å². The van der Waals surface area contributed by atoms with E-state index in [4.69, 9.17) is 4.74 Å². The summed E-state index contributed by atoms with van der Waals surface area (Å²) in [6, 6.07) is 9.89. The molecule has 1 heterocycles. The highest BCUT2D eigenvalue weighted by atomic mass is 32.1. The zero-order valence-electron chi connectivity index (χ0n) is 11.8. The first-order valence-electron chi connectivity index (χ1n) is 6.70. The molecule has 0 saturated carbocycles. The molecule has 1 aromatic carbocycles.